The third-order valence-electron chi connectivity index (χ3n) is 4.30. The van der Waals surface area contributed by atoms with Crippen LogP contribution in [0.4, 0.5) is 9.59 Å². The molecule has 0 aliphatic heterocycles. The molecule has 2 N–H and O–H groups in total. The summed E-state index contributed by atoms with van der Waals surface area (Å²) in [6.07, 6.45) is -2.37. The highest BCUT2D eigenvalue weighted by Crippen LogP contribution is 2.31. The van der Waals surface area contributed by atoms with Crippen LogP contribution in [0.25, 0.3) is 0 Å². The summed E-state index contributed by atoms with van der Waals surface area (Å²) in [5, 5.41) is 0. The highest BCUT2D eigenvalue weighted by molar-refractivity contribution is 5.76. The molecular formula is C27H41NO10. The number of rotatable bonds is 10. The number of hydrogen-bond acceptors (Lipinski definition) is 11. The first-order chi connectivity index (χ1) is 17.3. The van der Waals surface area contributed by atoms with Crippen molar-refractivity contribution in [3.63, 3.8) is 0 Å². The van der Waals surface area contributed by atoms with Crippen molar-refractivity contribution in [1.82, 2.24) is 0 Å². The van der Waals surface area contributed by atoms with E-state index in [1.165, 1.54) is 12.1 Å². The molecule has 214 valence electrons. The fraction of sp³-hybridized carbons (Fsp3) is 0.630. The maximum Gasteiger partial charge on any atom is 0.514 e. The minimum Gasteiger partial charge on any atom is -0.461 e. The van der Waals surface area contributed by atoms with Crippen molar-refractivity contribution in [2.45, 2.75) is 98.5 Å². The number of ether oxygens (including phenoxy) is 6. The Kier molecular flexibility index (Phi) is 12.0. The van der Waals surface area contributed by atoms with Gasteiger partial charge in [0.25, 0.3) is 0 Å². The molecule has 2 atom stereocenters. The summed E-state index contributed by atoms with van der Waals surface area (Å²) in [4.78, 5) is 48.6. The number of carbonyl (C=O) groups is 4. The van der Waals surface area contributed by atoms with Gasteiger partial charge in [0.2, 0.25) is 0 Å². The molecule has 1 aromatic carbocycles. The second-order valence-electron chi connectivity index (χ2n) is 11.3. The monoisotopic (exact) mass is 539 g/mol. The van der Waals surface area contributed by atoms with Gasteiger partial charge in [0.1, 0.15) is 30.0 Å². The smallest absolute Gasteiger partial charge is 0.461 e. The Labute approximate surface area is 224 Å². The van der Waals surface area contributed by atoms with E-state index in [-0.39, 0.29) is 42.8 Å². The zero-order chi connectivity index (χ0) is 29.3. The summed E-state index contributed by atoms with van der Waals surface area (Å²) in [6.45, 7) is 15.3. The van der Waals surface area contributed by atoms with Crippen molar-refractivity contribution < 1.29 is 47.6 Å². The fourth-order valence-corrected chi connectivity index (χ4v) is 2.85. The van der Waals surface area contributed by atoms with E-state index in [2.05, 4.69) is 0 Å². The Bertz CT molecular complexity index is 975. The predicted molar refractivity (Wildman–Crippen MR) is 138 cm³/mol. The van der Waals surface area contributed by atoms with E-state index in [4.69, 9.17) is 34.2 Å². The second kappa shape index (κ2) is 14.0. The van der Waals surface area contributed by atoms with E-state index in [1.54, 1.807) is 54.5 Å². The molecule has 0 heterocycles. The largest absolute Gasteiger partial charge is 0.514 e. The van der Waals surface area contributed by atoms with Crippen LogP contribution in [0, 0.1) is 5.92 Å². The predicted octanol–water partition coefficient (Wildman–Crippen LogP) is 4.71. The highest BCUT2D eigenvalue weighted by Gasteiger charge is 2.25. The van der Waals surface area contributed by atoms with Crippen LogP contribution in [0.2, 0.25) is 0 Å². The van der Waals surface area contributed by atoms with Crippen LogP contribution < -0.4 is 15.2 Å². The molecule has 0 aromatic heterocycles. The summed E-state index contributed by atoms with van der Waals surface area (Å²) < 4.78 is 31.2. The lowest BCUT2D eigenvalue weighted by Gasteiger charge is -2.21. The third kappa shape index (κ3) is 13.8. The van der Waals surface area contributed by atoms with Gasteiger partial charge in [-0.2, -0.15) is 0 Å². The zero-order valence-electron chi connectivity index (χ0n) is 23.7. The molecule has 0 aliphatic rings. The maximum atomic E-state index is 12.4. The SMILES string of the molecule is CC(C)CC(=O)O[C@@H](C)COC(=O)[C@@H](N)Cc1ccc(OC(=O)OC(C)(C)C)c(OC(=O)OC(C)(C)C)c1. The van der Waals surface area contributed by atoms with Crippen LogP contribution in [-0.2, 0) is 35.0 Å². The Hall–Kier alpha value is -3.34. The number of benzene rings is 1. The topological polar surface area (TPSA) is 150 Å². The first kappa shape index (κ1) is 32.7. The Balaban J connectivity index is 2.92. The molecule has 0 bridgehead atoms. The number of nitrogens with two attached hydrogens (primary N) is 1. The number of esters is 2. The Morgan fingerprint density at radius 2 is 1.37 bits per heavy atom. The van der Waals surface area contributed by atoms with Crippen LogP contribution in [0.5, 0.6) is 11.5 Å². The maximum absolute atomic E-state index is 12.4. The van der Waals surface area contributed by atoms with E-state index < -0.39 is 41.6 Å². The van der Waals surface area contributed by atoms with Gasteiger partial charge < -0.3 is 34.2 Å². The van der Waals surface area contributed by atoms with Crippen molar-refractivity contribution in [3.05, 3.63) is 23.8 Å². The van der Waals surface area contributed by atoms with E-state index in [1.807, 2.05) is 13.8 Å². The van der Waals surface area contributed by atoms with Gasteiger partial charge in [0.15, 0.2) is 11.5 Å². The van der Waals surface area contributed by atoms with Gasteiger partial charge in [-0.05, 0) is 78.5 Å². The van der Waals surface area contributed by atoms with Crippen molar-refractivity contribution >= 4 is 24.2 Å². The van der Waals surface area contributed by atoms with Gasteiger partial charge in [0.05, 0.1) is 0 Å². The average molecular weight is 540 g/mol. The molecular weight excluding hydrogens is 498 g/mol. The van der Waals surface area contributed by atoms with Gasteiger partial charge in [-0.3, -0.25) is 9.59 Å². The van der Waals surface area contributed by atoms with E-state index >= 15 is 0 Å². The molecule has 38 heavy (non-hydrogen) atoms. The second-order valence-corrected chi connectivity index (χ2v) is 11.3. The fourth-order valence-electron chi connectivity index (χ4n) is 2.85. The standard InChI is InChI=1S/C27H41NO10/c1-16(2)12-22(29)34-17(3)15-33-23(30)19(28)13-18-10-11-20(35-24(31)37-26(4,5)6)21(14-18)36-25(32)38-27(7,8)9/h10-11,14,16-17,19H,12-13,15,28H2,1-9H3/t17-,19-/m0/s1. The molecule has 0 spiro atoms. The van der Waals surface area contributed by atoms with Crippen LogP contribution in [0.1, 0.15) is 74.3 Å². The average Bonchev–Trinajstić information content (AvgIpc) is 2.70. The van der Waals surface area contributed by atoms with Crippen LogP contribution in [-0.4, -0.2) is 54.2 Å². The molecule has 0 radical (unpaired) electrons. The Morgan fingerprint density at radius 3 is 1.87 bits per heavy atom. The summed E-state index contributed by atoms with van der Waals surface area (Å²) in [6, 6.07) is 3.26. The number of hydrogen-bond donors (Lipinski definition) is 1. The van der Waals surface area contributed by atoms with Crippen LogP contribution in [0.3, 0.4) is 0 Å². The molecule has 0 saturated heterocycles. The van der Waals surface area contributed by atoms with E-state index in [9.17, 15) is 19.2 Å². The molecule has 11 nitrogen and oxygen atoms in total. The number of carbonyl (C=O) groups excluding carboxylic acids is 4. The molecule has 11 heteroatoms. The minimum atomic E-state index is -1.07. The quantitative estimate of drug-likeness (QED) is 0.250. The molecule has 0 aliphatic carbocycles. The van der Waals surface area contributed by atoms with Crippen molar-refractivity contribution in [2.24, 2.45) is 11.7 Å². The third-order valence-corrected chi connectivity index (χ3v) is 4.30. The van der Waals surface area contributed by atoms with Gasteiger partial charge in [0, 0.05) is 6.42 Å². The Morgan fingerprint density at radius 1 is 0.842 bits per heavy atom. The summed E-state index contributed by atoms with van der Waals surface area (Å²) in [7, 11) is 0. The molecule has 1 rings (SSSR count). The van der Waals surface area contributed by atoms with Crippen LogP contribution >= 0.6 is 0 Å². The van der Waals surface area contributed by atoms with Gasteiger partial charge in [-0.15, -0.1) is 0 Å². The van der Waals surface area contributed by atoms with Gasteiger partial charge in [-0.25, -0.2) is 9.59 Å². The van der Waals surface area contributed by atoms with Crippen molar-refractivity contribution in [2.75, 3.05) is 6.61 Å². The molecule has 0 saturated carbocycles. The normalized spacial score (nSPS) is 13.2. The molecule has 0 amide bonds. The minimum absolute atomic E-state index is 0.0117. The molecule has 0 unspecified atom stereocenters. The first-order valence-corrected chi connectivity index (χ1v) is 12.4. The van der Waals surface area contributed by atoms with E-state index in [0.29, 0.717) is 5.56 Å². The van der Waals surface area contributed by atoms with Crippen molar-refractivity contribution in [1.29, 1.82) is 0 Å². The lowest BCUT2D eigenvalue weighted by molar-refractivity contribution is -0.159. The lowest BCUT2D eigenvalue weighted by atomic mass is 10.1. The zero-order valence-corrected chi connectivity index (χ0v) is 23.7. The van der Waals surface area contributed by atoms with Gasteiger partial charge >= 0.3 is 24.2 Å². The van der Waals surface area contributed by atoms with Gasteiger partial charge in [-0.1, -0.05) is 19.9 Å². The first-order valence-electron chi connectivity index (χ1n) is 12.4. The summed E-state index contributed by atoms with van der Waals surface area (Å²) in [5.74, 6) is -1.16. The van der Waals surface area contributed by atoms with Crippen molar-refractivity contribution in [3.8, 4) is 11.5 Å². The summed E-state index contributed by atoms with van der Waals surface area (Å²) >= 11 is 0. The highest BCUT2D eigenvalue weighted by atomic mass is 16.8. The summed E-state index contributed by atoms with van der Waals surface area (Å²) in [5.41, 5.74) is 4.86. The molecule has 1 aromatic rings. The lowest BCUT2D eigenvalue weighted by Crippen LogP contribution is -2.36. The molecule has 0 fully saturated rings. The van der Waals surface area contributed by atoms with Crippen LogP contribution in [0.15, 0.2) is 18.2 Å². The van der Waals surface area contributed by atoms with E-state index in [0.717, 1.165) is 0 Å².